The molecule has 0 aliphatic carbocycles. The zero-order valence-electron chi connectivity index (χ0n) is 13.0. The minimum Gasteiger partial charge on any atom is -0.294 e. The second-order valence-electron chi connectivity index (χ2n) is 5.15. The lowest BCUT2D eigenvalue weighted by atomic mass is 10.00. The maximum Gasteiger partial charge on any atom is 0.0535 e. The first-order chi connectivity index (χ1) is 8.99. The van der Waals surface area contributed by atoms with E-state index in [0.29, 0.717) is 12.1 Å². The molecule has 110 valence electrons. The van der Waals surface area contributed by atoms with Crippen molar-refractivity contribution in [2.24, 2.45) is 0 Å². The fourth-order valence-electron chi connectivity index (χ4n) is 2.51. The van der Waals surface area contributed by atoms with Crippen LogP contribution >= 0.6 is 11.6 Å². The van der Waals surface area contributed by atoms with E-state index in [1.165, 1.54) is 5.57 Å². The summed E-state index contributed by atoms with van der Waals surface area (Å²) < 4.78 is 0. The van der Waals surface area contributed by atoms with Gasteiger partial charge in [-0.15, -0.1) is 18.2 Å². The summed E-state index contributed by atoms with van der Waals surface area (Å²) in [5, 5.41) is 0.0407. The van der Waals surface area contributed by atoms with Gasteiger partial charge < -0.3 is 0 Å². The quantitative estimate of drug-likeness (QED) is 0.303. The Bertz CT molecular complexity index is 294. The molecule has 0 spiro atoms. The summed E-state index contributed by atoms with van der Waals surface area (Å²) in [6.07, 6.45) is 9.25. The van der Waals surface area contributed by atoms with Gasteiger partial charge in [0.1, 0.15) is 0 Å². The minimum atomic E-state index is 0.0407. The Balaban J connectivity index is 4.97. The molecule has 0 saturated heterocycles. The smallest absolute Gasteiger partial charge is 0.0535 e. The lowest BCUT2D eigenvalue weighted by Gasteiger charge is -2.36. The third kappa shape index (κ3) is 6.44. The molecule has 0 aromatic rings. The number of allylic oxidation sites excluding steroid dienone is 3. The minimum absolute atomic E-state index is 0.0407. The molecule has 0 aliphatic rings. The Morgan fingerprint density at radius 2 is 1.89 bits per heavy atom. The highest BCUT2D eigenvalue weighted by molar-refractivity contribution is 6.22. The van der Waals surface area contributed by atoms with E-state index in [0.717, 1.165) is 25.8 Å². The second kappa shape index (κ2) is 10.3. The van der Waals surface area contributed by atoms with Crippen molar-refractivity contribution in [2.45, 2.75) is 64.4 Å². The molecule has 0 aromatic heterocycles. The van der Waals surface area contributed by atoms with Gasteiger partial charge in [-0.2, -0.15) is 0 Å². The Hall–Kier alpha value is -0.530. The standard InChI is InChI=1S/C17H30ClN/c1-7-10-12-14(4)19(13-9-3)16(6)17(11-8-2)15(5)18/h7-8,11,14-16H,1-2,9-10,12-13H2,3-6H3/b17-11+. The average molecular weight is 284 g/mol. The van der Waals surface area contributed by atoms with Crippen molar-refractivity contribution in [3.05, 3.63) is 37.0 Å². The normalized spacial score (nSPS) is 17.1. The van der Waals surface area contributed by atoms with Gasteiger partial charge in [0.05, 0.1) is 5.38 Å². The van der Waals surface area contributed by atoms with E-state index in [-0.39, 0.29) is 5.38 Å². The lowest BCUT2D eigenvalue weighted by molar-refractivity contribution is 0.165. The molecule has 0 fully saturated rings. The summed E-state index contributed by atoms with van der Waals surface area (Å²) in [6.45, 7) is 17.5. The highest BCUT2D eigenvalue weighted by Gasteiger charge is 2.23. The third-order valence-corrected chi connectivity index (χ3v) is 3.84. The molecule has 0 rings (SSSR count). The molecule has 3 atom stereocenters. The van der Waals surface area contributed by atoms with Crippen LogP contribution in [0.3, 0.4) is 0 Å². The molecule has 2 heteroatoms. The Morgan fingerprint density at radius 1 is 1.26 bits per heavy atom. The predicted octanol–water partition coefficient (Wildman–Crippen LogP) is 5.18. The molecule has 0 bridgehead atoms. The molecular weight excluding hydrogens is 254 g/mol. The highest BCUT2D eigenvalue weighted by Crippen LogP contribution is 2.22. The van der Waals surface area contributed by atoms with Gasteiger partial charge in [-0.25, -0.2) is 0 Å². The number of rotatable bonds is 10. The number of alkyl halides is 1. The van der Waals surface area contributed by atoms with E-state index in [2.05, 4.69) is 44.9 Å². The van der Waals surface area contributed by atoms with Crippen LogP contribution < -0.4 is 0 Å². The first-order valence-corrected chi connectivity index (χ1v) is 7.76. The van der Waals surface area contributed by atoms with Crippen LogP contribution in [0.5, 0.6) is 0 Å². The first kappa shape index (κ1) is 18.5. The SMILES string of the molecule is C=C/C=C(\C(C)Cl)C(C)N(CCC)C(C)CCC=C. The molecule has 0 aromatic carbocycles. The number of hydrogen-bond donors (Lipinski definition) is 0. The van der Waals surface area contributed by atoms with Gasteiger partial charge in [-0.3, -0.25) is 4.90 Å². The maximum atomic E-state index is 6.31. The van der Waals surface area contributed by atoms with Crippen LogP contribution in [0.2, 0.25) is 0 Å². The van der Waals surface area contributed by atoms with E-state index in [4.69, 9.17) is 11.6 Å². The van der Waals surface area contributed by atoms with Gasteiger partial charge >= 0.3 is 0 Å². The Morgan fingerprint density at radius 3 is 2.32 bits per heavy atom. The summed E-state index contributed by atoms with van der Waals surface area (Å²) in [4.78, 5) is 2.54. The predicted molar refractivity (Wildman–Crippen MR) is 88.9 cm³/mol. The summed E-state index contributed by atoms with van der Waals surface area (Å²) in [6, 6.07) is 0.891. The average Bonchev–Trinajstić information content (AvgIpc) is 2.38. The van der Waals surface area contributed by atoms with Crippen LogP contribution in [0.4, 0.5) is 0 Å². The second-order valence-corrected chi connectivity index (χ2v) is 5.80. The summed E-state index contributed by atoms with van der Waals surface area (Å²) >= 11 is 6.31. The van der Waals surface area contributed by atoms with Crippen LogP contribution in [0.25, 0.3) is 0 Å². The van der Waals surface area contributed by atoms with Crippen molar-refractivity contribution in [3.8, 4) is 0 Å². The van der Waals surface area contributed by atoms with Crippen molar-refractivity contribution in [2.75, 3.05) is 6.54 Å². The monoisotopic (exact) mass is 283 g/mol. The van der Waals surface area contributed by atoms with Crippen molar-refractivity contribution in [3.63, 3.8) is 0 Å². The van der Waals surface area contributed by atoms with E-state index in [1.54, 1.807) is 0 Å². The largest absolute Gasteiger partial charge is 0.294 e. The van der Waals surface area contributed by atoms with Gasteiger partial charge in [0, 0.05) is 12.1 Å². The summed E-state index contributed by atoms with van der Waals surface area (Å²) in [5.41, 5.74) is 1.25. The van der Waals surface area contributed by atoms with Crippen LogP contribution in [-0.4, -0.2) is 28.9 Å². The zero-order chi connectivity index (χ0) is 14.8. The fourth-order valence-corrected chi connectivity index (χ4v) is 2.77. The van der Waals surface area contributed by atoms with Crippen molar-refractivity contribution < 1.29 is 0 Å². The van der Waals surface area contributed by atoms with Crippen molar-refractivity contribution >= 4 is 11.6 Å². The number of nitrogens with zero attached hydrogens (tertiary/aromatic N) is 1. The molecule has 0 radical (unpaired) electrons. The van der Waals surface area contributed by atoms with Crippen LogP contribution in [0.15, 0.2) is 37.0 Å². The zero-order valence-corrected chi connectivity index (χ0v) is 13.8. The Labute approximate surface area is 125 Å². The maximum absolute atomic E-state index is 6.31. The summed E-state index contributed by atoms with van der Waals surface area (Å²) in [5.74, 6) is 0. The fraction of sp³-hybridized carbons (Fsp3) is 0.647. The summed E-state index contributed by atoms with van der Waals surface area (Å²) in [7, 11) is 0. The van der Waals surface area contributed by atoms with Gasteiger partial charge in [-0.05, 0) is 52.2 Å². The highest BCUT2D eigenvalue weighted by atomic mass is 35.5. The van der Waals surface area contributed by atoms with Gasteiger partial charge in [0.25, 0.3) is 0 Å². The van der Waals surface area contributed by atoms with Crippen LogP contribution in [-0.2, 0) is 0 Å². The van der Waals surface area contributed by atoms with Gasteiger partial charge in [0.15, 0.2) is 0 Å². The molecule has 3 unspecified atom stereocenters. The van der Waals surface area contributed by atoms with E-state index in [9.17, 15) is 0 Å². The molecule has 1 nitrogen and oxygen atoms in total. The third-order valence-electron chi connectivity index (χ3n) is 3.59. The molecule has 0 N–H and O–H groups in total. The first-order valence-electron chi connectivity index (χ1n) is 7.32. The molecule has 0 amide bonds. The topological polar surface area (TPSA) is 3.24 Å². The number of hydrogen-bond acceptors (Lipinski definition) is 1. The molecule has 0 saturated carbocycles. The van der Waals surface area contributed by atoms with Crippen LogP contribution in [0.1, 0.15) is 47.0 Å². The van der Waals surface area contributed by atoms with E-state index >= 15 is 0 Å². The lowest BCUT2D eigenvalue weighted by Crippen LogP contribution is -2.43. The van der Waals surface area contributed by atoms with E-state index in [1.807, 2.05) is 19.1 Å². The van der Waals surface area contributed by atoms with Crippen molar-refractivity contribution in [1.82, 2.24) is 4.90 Å². The van der Waals surface area contributed by atoms with E-state index < -0.39 is 0 Å². The number of halogens is 1. The van der Waals surface area contributed by atoms with Gasteiger partial charge in [-0.1, -0.05) is 31.7 Å². The molecule has 0 heterocycles. The Kier molecular flexibility index (Phi) is 9.99. The molecular formula is C17H30ClN. The van der Waals surface area contributed by atoms with Gasteiger partial charge in [0.2, 0.25) is 0 Å². The van der Waals surface area contributed by atoms with Crippen LogP contribution in [0, 0.1) is 0 Å². The molecule has 19 heavy (non-hydrogen) atoms. The van der Waals surface area contributed by atoms with Crippen molar-refractivity contribution in [1.29, 1.82) is 0 Å². The molecule has 0 aliphatic heterocycles.